The molecular weight excluding hydrogens is 558 g/mol. The average molecular weight is 582 g/mol. The van der Waals surface area contributed by atoms with Gasteiger partial charge >= 0.3 is 0 Å². The molecule has 0 saturated carbocycles. The number of H-pyrrole nitrogens is 2. The number of aromatic amines is 2. The van der Waals surface area contributed by atoms with Gasteiger partial charge < -0.3 is 25.3 Å². The molecule has 41 heavy (non-hydrogen) atoms. The van der Waals surface area contributed by atoms with Crippen LogP contribution in [0.15, 0.2) is 66.3 Å². The molecule has 2 amide bonds. The first-order valence-corrected chi connectivity index (χ1v) is 14.5. The number of nitrogens with one attached hydrogen (secondary N) is 3. The van der Waals surface area contributed by atoms with Gasteiger partial charge in [-0.25, -0.2) is 4.98 Å². The molecule has 10 heteroatoms. The summed E-state index contributed by atoms with van der Waals surface area (Å²) in [7, 11) is 0. The van der Waals surface area contributed by atoms with Gasteiger partial charge in [-0.15, -0.1) is 22.9 Å². The number of hydrogen-bond acceptors (Lipinski definition) is 5. The van der Waals surface area contributed by atoms with Crippen molar-refractivity contribution >= 4 is 84.2 Å². The van der Waals surface area contributed by atoms with Crippen LogP contribution in [0.25, 0.3) is 38.1 Å². The fourth-order valence-electron chi connectivity index (χ4n) is 5.62. The van der Waals surface area contributed by atoms with E-state index in [4.69, 9.17) is 11.6 Å². The Labute approximate surface area is 243 Å². The molecule has 4 aromatic heterocycles. The highest BCUT2D eigenvalue weighted by Crippen LogP contribution is 2.48. The number of benzene rings is 2. The Morgan fingerprint density at radius 2 is 2.12 bits per heavy atom. The highest BCUT2D eigenvalue weighted by molar-refractivity contribution is 7.17. The van der Waals surface area contributed by atoms with E-state index in [0.717, 1.165) is 43.1 Å². The summed E-state index contributed by atoms with van der Waals surface area (Å²) in [5.41, 5.74) is 6.03. The summed E-state index contributed by atoms with van der Waals surface area (Å²) in [5.74, 6) is 0.0252. The van der Waals surface area contributed by atoms with Gasteiger partial charge in [0.25, 0.3) is 11.8 Å². The van der Waals surface area contributed by atoms with E-state index in [1.807, 2.05) is 48.7 Å². The third-order valence-corrected chi connectivity index (χ3v) is 9.07. The lowest BCUT2D eigenvalue weighted by Crippen LogP contribution is -2.28. The Bertz CT molecular complexity index is 2010. The second-order valence-corrected chi connectivity index (χ2v) is 11.4. The lowest BCUT2D eigenvalue weighted by Gasteiger charge is -2.16. The normalized spacial score (nSPS) is 15.0. The first kappa shape index (κ1) is 25.4. The molecule has 0 saturated heterocycles. The van der Waals surface area contributed by atoms with Crippen LogP contribution in [0.3, 0.4) is 0 Å². The number of hydrogen-bond donors (Lipinski definition) is 4. The molecule has 4 N–H and O–H groups in total. The van der Waals surface area contributed by atoms with E-state index in [0.29, 0.717) is 35.1 Å². The number of aromatic nitrogens is 3. The summed E-state index contributed by atoms with van der Waals surface area (Å²) < 4.78 is 0.819. The third-order valence-electron chi connectivity index (χ3n) is 7.58. The van der Waals surface area contributed by atoms with E-state index >= 15 is 0 Å². The van der Waals surface area contributed by atoms with Crippen LogP contribution < -0.4 is 10.2 Å². The second kappa shape index (κ2) is 9.79. The predicted molar refractivity (Wildman–Crippen MR) is 165 cm³/mol. The molecule has 1 aliphatic heterocycles. The van der Waals surface area contributed by atoms with E-state index < -0.39 is 0 Å². The monoisotopic (exact) mass is 581 g/mol. The van der Waals surface area contributed by atoms with Gasteiger partial charge in [-0.3, -0.25) is 9.59 Å². The van der Waals surface area contributed by atoms with Crippen molar-refractivity contribution in [2.24, 2.45) is 0 Å². The third kappa shape index (κ3) is 4.25. The number of nitrogens with zero attached hydrogens (tertiary/aromatic N) is 2. The van der Waals surface area contributed by atoms with Crippen LogP contribution in [0.4, 0.5) is 11.4 Å². The topological polar surface area (TPSA) is 114 Å². The number of aryl methyl sites for hydroxylation is 1. The number of rotatable bonds is 5. The minimum Gasteiger partial charge on any atom is -0.506 e. The molecule has 1 atom stereocenters. The number of aromatic hydroxyl groups is 1. The Kier molecular flexibility index (Phi) is 6.06. The fourth-order valence-corrected chi connectivity index (χ4v) is 6.86. The van der Waals surface area contributed by atoms with Gasteiger partial charge in [0.1, 0.15) is 17.1 Å². The van der Waals surface area contributed by atoms with Gasteiger partial charge in [-0.05, 0) is 47.7 Å². The van der Waals surface area contributed by atoms with Crippen LogP contribution in [-0.2, 0) is 4.79 Å². The van der Waals surface area contributed by atoms with E-state index in [-0.39, 0.29) is 23.5 Å². The van der Waals surface area contributed by atoms with Crippen molar-refractivity contribution < 1.29 is 14.7 Å². The smallest absolute Gasteiger partial charge is 0.272 e. The number of halogens is 1. The zero-order valence-electron chi connectivity index (χ0n) is 21.9. The second-order valence-electron chi connectivity index (χ2n) is 10.2. The fraction of sp³-hybridized carbons (Fsp3) is 0.129. The van der Waals surface area contributed by atoms with Crippen LogP contribution >= 0.6 is 22.9 Å². The van der Waals surface area contributed by atoms with Crippen molar-refractivity contribution in [2.45, 2.75) is 12.8 Å². The maximum Gasteiger partial charge on any atom is 0.272 e. The molecule has 0 spiro atoms. The summed E-state index contributed by atoms with van der Waals surface area (Å²) in [6.45, 7) is 2.45. The molecule has 2 aromatic carbocycles. The summed E-state index contributed by atoms with van der Waals surface area (Å²) in [5, 5.41) is 18.3. The molecule has 8 nitrogen and oxygen atoms in total. The van der Waals surface area contributed by atoms with Crippen molar-refractivity contribution in [3.8, 4) is 5.75 Å². The van der Waals surface area contributed by atoms with Crippen molar-refractivity contribution in [3.63, 3.8) is 0 Å². The highest BCUT2D eigenvalue weighted by atomic mass is 35.5. The number of pyridine rings is 1. The molecule has 0 radical (unpaired) electrons. The van der Waals surface area contributed by atoms with Crippen LogP contribution in [-0.4, -0.2) is 44.3 Å². The van der Waals surface area contributed by atoms with E-state index in [9.17, 15) is 14.7 Å². The molecule has 7 rings (SSSR count). The number of carbonyl (C=O) groups excluding carboxylic acids is 2. The van der Waals surface area contributed by atoms with Crippen LogP contribution in [0.5, 0.6) is 5.75 Å². The van der Waals surface area contributed by atoms with Crippen molar-refractivity contribution in [2.75, 3.05) is 22.6 Å². The van der Waals surface area contributed by atoms with Gasteiger partial charge in [0.05, 0.1) is 22.3 Å². The van der Waals surface area contributed by atoms with Crippen LogP contribution in [0.1, 0.15) is 33.1 Å². The predicted octanol–water partition coefficient (Wildman–Crippen LogP) is 6.91. The lowest BCUT2D eigenvalue weighted by atomic mass is 9.97. The maximum absolute atomic E-state index is 13.4. The van der Waals surface area contributed by atoms with Crippen molar-refractivity contribution in [1.29, 1.82) is 0 Å². The maximum atomic E-state index is 13.4. The van der Waals surface area contributed by atoms with Crippen molar-refractivity contribution in [1.82, 2.24) is 15.0 Å². The largest absolute Gasteiger partial charge is 0.506 e. The zero-order chi connectivity index (χ0) is 28.2. The van der Waals surface area contributed by atoms with E-state index in [1.54, 1.807) is 29.4 Å². The van der Waals surface area contributed by atoms with Crippen molar-refractivity contribution in [3.05, 3.63) is 88.7 Å². The molecule has 0 bridgehead atoms. The van der Waals surface area contributed by atoms with Crippen LogP contribution in [0, 0.1) is 6.92 Å². The standard InChI is InChI=1S/C31H24ClN5O3S/c1-16-15-41-29-25(38)10-24-28(27(16)29)19(11-32)14-37(24)26(39)7-6-18-12-33-30-21(18)9-20(13-34-30)35-31(40)23-8-17-4-2-3-5-22(17)36-23/h2-10,12-13,15,19,36,38H,11,14H2,1H3,(H,33,34)(H,35,40). The Morgan fingerprint density at radius 3 is 2.95 bits per heavy atom. The minimum absolute atomic E-state index is 0.0267. The quantitative estimate of drug-likeness (QED) is 0.131. The summed E-state index contributed by atoms with van der Waals surface area (Å²) >= 11 is 7.84. The summed E-state index contributed by atoms with van der Waals surface area (Å²) in [4.78, 5) is 38.7. The molecular formula is C31H24ClN5O3S. The number of para-hydroxylation sites is 1. The highest BCUT2D eigenvalue weighted by Gasteiger charge is 2.34. The van der Waals surface area contributed by atoms with E-state index in [2.05, 4.69) is 20.3 Å². The number of amides is 2. The first-order chi connectivity index (χ1) is 19.9. The molecule has 6 aromatic rings. The molecule has 5 heterocycles. The van der Waals surface area contributed by atoms with Gasteiger partial charge in [-0.2, -0.15) is 0 Å². The molecule has 1 aliphatic rings. The number of alkyl halides is 1. The molecule has 204 valence electrons. The molecule has 1 unspecified atom stereocenters. The Morgan fingerprint density at radius 1 is 1.27 bits per heavy atom. The first-order valence-electron chi connectivity index (χ1n) is 13.1. The Balaban J connectivity index is 1.15. The number of phenols is 1. The number of thiophene rings is 1. The Hall–Kier alpha value is -4.60. The van der Waals surface area contributed by atoms with Gasteiger partial charge in [0.2, 0.25) is 0 Å². The van der Waals surface area contributed by atoms with Gasteiger partial charge in [0, 0.05) is 63.9 Å². The SMILES string of the molecule is Cc1csc2c(O)cc3c(c12)C(CCl)CN3C(=O)C=Cc1c[nH]c2ncc(NC(=O)c3cc4ccccc4[nH]3)cc12. The van der Waals surface area contributed by atoms with Crippen LogP contribution in [0.2, 0.25) is 0 Å². The summed E-state index contributed by atoms with van der Waals surface area (Å²) in [6, 6.07) is 13.0. The number of carbonyl (C=O) groups is 2. The minimum atomic E-state index is -0.273. The van der Waals surface area contributed by atoms with Gasteiger partial charge in [-0.1, -0.05) is 18.2 Å². The number of fused-ring (bicyclic) bond motifs is 5. The number of phenolic OH excluding ortho intramolecular Hbond substituents is 1. The van der Waals surface area contributed by atoms with Gasteiger partial charge in [0.15, 0.2) is 0 Å². The molecule has 0 fully saturated rings. The average Bonchev–Trinajstić information content (AvgIpc) is 3.75. The lowest BCUT2D eigenvalue weighted by molar-refractivity contribution is -0.114. The zero-order valence-corrected chi connectivity index (χ0v) is 23.4. The van der Waals surface area contributed by atoms with E-state index in [1.165, 1.54) is 17.4 Å². The molecule has 0 aliphatic carbocycles. The number of anilines is 2. The summed E-state index contributed by atoms with van der Waals surface area (Å²) in [6.07, 6.45) is 6.61.